The average Bonchev–Trinajstić information content (AvgIpc) is 2.30. The molecule has 0 fully saturated rings. The summed E-state index contributed by atoms with van der Waals surface area (Å²) in [6.45, 7) is 0.655. The smallest absolute Gasteiger partial charge is 0.372 e. The molecule has 0 aliphatic rings. The van der Waals surface area contributed by atoms with Crippen molar-refractivity contribution in [1.82, 2.24) is 0 Å². The maximum atomic E-state index is 13.0. The first-order valence-electron chi connectivity index (χ1n) is 5.18. The molecule has 0 radical (unpaired) electrons. The molecular formula is C14H13FLiN. The summed E-state index contributed by atoms with van der Waals surface area (Å²) in [6, 6.07) is 17.6. The summed E-state index contributed by atoms with van der Waals surface area (Å²) in [5.41, 5.74) is 1.96. The van der Waals surface area contributed by atoms with Gasteiger partial charge in [-0.1, -0.05) is 18.2 Å². The summed E-state index contributed by atoms with van der Waals surface area (Å²) in [4.78, 5) is 2.06. The maximum Gasteiger partial charge on any atom is 1.00 e. The Kier molecular flexibility index (Phi) is 5.28. The number of anilines is 1. The Hall–Kier alpha value is -1.23. The van der Waals surface area contributed by atoms with Crippen molar-refractivity contribution in [2.75, 3.05) is 11.9 Å². The van der Waals surface area contributed by atoms with Crippen LogP contribution in [0.3, 0.4) is 0 Å². The van der Waals surface area contributed by atoms with Gasteiger partial charge in [0.25, 0.3) is 0 Å². The van der Waals surface area contributed by atoms with Crippen LogP contribution < -0.4 is 23.8 Å². The monoisotopic (exact) mass is 221 g/mol. The number of nitrogens with zero attached hydrogens (tertiary/aromatic N) is 1. The van der Waals surface area contributed by atoms with Crippen molar-refractivity contribution < 1.29 is 23.3 Å². The van der Waals surface area contributed by atoms with Gasteiger partial charge in [-0.15, -0.1) is 17.7 Å². The SMILES string of the molecule is CN(Cc1[c-]ccc(F)c1)c1ccccc1.[Li+]. The summed E-state index contributed by atoms with van der Waals surface area (Å²) < 4.78 is 13.0. The quantitative estimate of drug-likeness (QED) is 0.531. The maximum absolute atomic E-state index is 13.0. The molecule has 0 spiro atoms. The number of rotatable bonds is 3. The van der Waals surface area contributed by atoms with Crippen molar-refractivity contribution in [3.63, 3.8) is 0 Å². The fraction of sp³-hybridized carbons (Fsp3) is 0.143. The Morgan fingerprint density at radius 2 is 1.88 bits per heavy atom. The molecule has 0 saturated heterocycles. The number of hydrogen-bond acceptors (Lipinski definition) is 1. The molecule has 0 saturated carbocycles. The van der Waals surface area contributed by atoms with Gasteiger partial charge in [0.2, 0.25) is 0 Å². The van der Waals surface area contributed by atoms with Gasteiger partial charge < -0.3 is 4.90 Å². The second kappa shape index (κ2) is 6.49. The standard InChI is InChI=1S/C14H13FN.Li/c1-16(14-8-3-2-4-9-14)11-12-6-5-7-13(15)10-12;/h2-5,7-10H,11H2,1H3;/q-1;+1. The van der Waals surface area contributed by atoms with Gasteiger partial charge in [0.1, 0.15) is 0 Å². The third kappa shape index (κ3) is 3.92. The minimum atomic E-state index is -0.213. The molecule has 0 amide bonds. The second-order valence-electron chi connectivity index (χ2n) is 3.72. The first kappa shape index (κ1) is 13.8. The van der Waals surface area contributed by atoms with E-state index in [0.717, 1.165) is 11.3 Å². The molecular weight excluding hydrogens is 208 g/mol. The van der Waals surface area contributed by atoms with E-state index in [2.05, 4.69) is 11.0 Å². The van der Waals surface area contributed by atoms with Crippen molar-refractivity contribution in [3.05, 3.63) is 66.0 Å². The van der Waals surface area contributed by atoms with Crippen LogP contribution in [0.15, 0.2) is 48.5 Å². The first-order valence-corrected chi connectivity index (χ1v) is 5.18. The van der Waals surface area contributed by atoms with Crippen molar-refractivity contribution in [2.24, 2.45) is 0 Å². The topological polar surface area (TPSA) is 3.24 Å². The summed E-state index contributed by atoms with van der Waals surface area (Å²) in [7, 11) is 1.98. The first-order chi connectivity index (χ1) is 7.75. The van der Waals surface area contributed by atoms with Crippen LogP contribution in [0.5, 0.6) is 0 Å². The molecule has 2 rings (SSSR count). The molecule has 3 heteroatoms. The van der Waals surface area contributed by atoms with Gasteiger partial charge in [0.05, 0.1) is 0 Å². The predicted molar refractivity (Wildman–Crippen MR) is 63.8 cm³/mol. The van der Waals surface area contributed by atoms with Crippen LogP contribution in [0.2, 0.25) is 0 Å². The molecule has 0 heterocycles. The molecule has 2 aromatic rings. The van der Waals surface area contributed by atoms with Gasteiger partial charge in [-0.25, -0.2) is 4.39 Å². The van der Waals surface area contributed by atoms with E-state index in [1.807, 2.05) is 37.4 Å². The van der Waals surface area contributed by atoms with E-state index in [9.17, 15) is 4.39 Å². The molecule has 82 valence electrons. The molecule has 0 N–H and O–H groups in total. The largest absolute Gasteiger partial charge is 1.00 e. The number of hydrogen-bond donors (Lipinski definition) is 0. The van der Waals surface area contributed by atoms with Crippen molar-refractivity contribution in [3.8, 4) is 0 Å². The van der Waals surface area contributed by atoms with E-state index in [1.165, 1.54) is 12.1 Å². The van der Waals surface area contributed by atoms with E-state index in [4.69, 9.17) is 0 Å². The van der Waals surface area contributed by atoms with E-state index in [0.29, 0.717) is 6.54 Å². The van der Waals surface area contributed by atoms with Crippen molar-refractivity contribution in [2.45, 2.75) is 6.54 Å². The van der Waals surface area contributed by atoms with Crippen LogP contribution in [-0.2, 0) is 6.54 Å². The summed E-state index contributed by atoms with van der Waals surface area (Å²) in [6.07, 6.45) is 0. The zero-order valence-corrected chi connectivity index (χ0v) is 10.2. The third-order valence-electron chi connectivity index (χ3n) is 2.43. The molecule has 0 atom stereocenters. The van der Waals surface area contributed by atoms with E-state index in [-0.39, 0.29) is 24.7 Å². The molecule has 17 heavy (non-hydrogen) atoms. The van der Waals surface area contributed by atoms with Gasteiger partial charge in [0.15, 0.2) is 0 Å². The van der Waals surface area contributed by atoms with Gasteiger partial charge in [-0.3, -0.25) is 0 Å². The van der Waals surface area contributed by atoms with E-state index >= 15 is 0 Å². The summed E-state index contributed by atoms with van der Waals surface area (Å²) in [5.74, 6) is -0.213. The van der Waals surface area contributed by atoms with Crippen LogP contribution in [0, 0.1) is 11.9 Å². The molecule has 2 aromatic carbocycles. The Morgan fingerprint density at radius 3 is 2.53 bits per heavy atom. The van der Waals surface area contributed by atoms with Gasteiger partial charge in [-0.05, 0) is 12.1 Å². The molecule has 0 aromatic heterocycles. The fourth-order valence-corrected chi connectivity index (χ4v) is 1.61. The van der Waals surface area contributed by atoms with Crippen LogP contribution in [0.25, 0.3) is 0 Å². The van der Waals surface area contributed by atoms with Crippen LogP contribution >= 0.6 is 0 Å². The normalized spacial score (nSPS) is 9.53. The Morgan fingerprint density at radius 1 is 1.18 bits per heavy atom. The minimum absolute atomic E-state index is 0. The predicted octanol–water partition coefficient (Wildman–Crippen LogP) is 0.266. The van der Waals surface area contributed by atoms with Gasteiger partial charge in [-0.2, -0.15) is 12.1 Å². The summed E-state index contributed by atoms with van der Waals surface area (Å²) >= 11 is 0. The van der Waals surface area contributed by atoms with E-state index < -0.39 is 0 Å². The average molecular weight is 221 g/mol. The van der Waals surface area contributed by atoms with Gasteiger partial charge >= 0.3 is 18.9 Å². The summed E-state index contributed by atoms with van der Waals surface area (Å²) in [5, 5.41) is 0. The fourth-order valence-electron chi connectivity index (χ4n) is 1.61. The van der Waals surface area contributed by atoms with Crippen molar-refractivity contribution >= 4 is 5.69 Å². The second-order valence-corrected chi connectivity index (χ2v) is 3.72. The Labute approximate surface area is 113 Å². The molecule has 0 bridgehead atoms. The van der Waals surface area contributed by atoms with Crippen LogP contribution in [-0.4, -0.2) is 7.05 Å². The Bertz CT molecular complexity index is 459. The van der Waals surface area contributed by atoms with Gasteiger partial charge in [0, 0.05) is 25.1 Å². The third-order valence-corrected chi connectivity index (χ3v) is 2.43. The zero-order valence-electron chi connectivity index (χ0n) is 10.2. The van der Waals surface area contributed by atoms with Crippen LogP contribution in [0.4, 0.5) is 10.1 Å². The van der Waals surface area contributed by atoms with E-state index in [1.54, 1.807) is 6.07 Å². The van der Waals surface area contributed by atoms with Crippen LogP contribution in [0.1, 0.15) is 5.56 Å². The minimum Gasteiger partial charge on any atom is -0.372 e. The molecule has 0 aliphatic heterocycles. The number of benzene rings is 2. The molecule has 1 nitrogen and oxygen atoms in total. The van der Waals surface area contributed by atoms with Crippen molar-refractivity contribution in [1.29, 1.82) is 0 Å². The zero-order chi connectivity index (χ0) is 11.4. The molecule has 0 unspecified atom stereocenters. The Balaban J connectivity index is 0.00000144. The number of halogens is 1. The number of para-hydroxylation sites is 1. The molecule has 0 aliphatic carbocycles.